The van der Waals surface area contributed by atoms with Crippen molar-refractivity contribution in [3.8, 4) is 0 Å². The Morgan fingerprint density at radius 3 is 2.06 bits per heavy atom. The van der Waals surface area contributed by atoms with E-state index in [2.05, 4.69) is 26.6 Å². The third kappa shape index (κ3) is 9.57. The minimum absolute atomic E-state index is 0.0292. The van der Waals surface area contributed by atoms with E-state index in [0.29, 0.717) is 32.3 Å². The molecule has 2 amide bonds. The summed E-state index contributed by atoms with van der Waals surface area (Å²) in [7, 11) is 0. The van der Waals surface area contributed by atoms with Gasteiger partial charge in [0.25, 0.3) is 5.91 Å². The van der Waals surface area contributed by atoms with Gasteiger partial charge in [0.1, 0.15) is 0 Å². The van der Waals surface area contributed by atoms with E-state index < -0.39 is 18.5 Å². The predicted octanol–water partition coefficient (Wildman–Crippen LogP) is 7.20. The monoisotopic (exact) mass is 594 g/mol. The van der Waals surface area contributed by atoms with E-state index in [1.807, 2.05) is 48.5 Å². The second kappa shape index (κ2) is 13.5. The summed E-state index contributed by atoms with van der Waals surface area (Å²) in [6.45, 7) is -0.418. The molecule has 0 fully saturated rings. The van der Waals surface area contributed by atoms with Gasteiger partial charge in [0.05, 0.1) is 5.02 Å². The average Bonchev–Trinajstić information content (AvgIpc) is 2.83. The number of carbonyl (C=O) groups excluding carboxylic acids is 3. The molecule has 0 heterocycles. The quantitative estimate of drug-likeness (QED) is 0.242. The van der Waals surface area contributed by atoms with Crippen molar-refractivity contribution in [3.63, 3.8) is 0 Å². The van der Waals surface area contributed by atoms with Crippen LogP contribution in [-0.4, -0.2) is 24.4 Å². The summed E-state index contributed by atoms with van der Waals surface area (Å²) in [6, 6.07) is 20.0. The first-order valence-electron chi connectivity index (χ1n) is 10.5. The third-order valence-electron chi connectivity index (χ3n) is 4.54. The van der Waals surface area contributed by atoms with Crippen molar-refractivity contribution in [1.29, 1.82) is 0 Å². The van der Waals surface area contributed by atoms with Gasteiger partial charge in [-0.15, -0.1) is 0 Å². The molecular weight excluding hydrogens is 575 g/mol. The zero-order valence-electron chi connectivity index (χ0n) is 18.4. The van der Waals surface area contributed by atoms with Crippen LogP contribution in [0.1, 0.15) is 19.3 Å². The molecule has 3 aromatic carbocycles. The molecule has 0 saturated heterocycles. The molecule has 10 heteroatoms. The first-order valence-corrected chi connectivity index (χ1v) is 12.9. The Labute approximate surface area is 225 Å². The van der Waals surface area contributed by atoms with E-state index in [1.54, 1.807) is 30.0 Å². The fourth-order valence-corrected chi connectivity index (χ4v) is 4.22. The van der Waals surface area contributed by atoms with Gasteiger partial charge in [0.2, 0.25) is 5.91 Å². The van der Waals surface area contributed by atoms with Crippen molar-refractivity contribution in [2.24, 2.45) is 0 Å². The van der Waals surface area contributed by atoms with Crippen molar-refractivity contribution in [1.82, 2.24) is 0 Å². The number of anilines is 2. The number of benzene rings is 3. The normalized spacial score (nSPS) is 10.5. The summed E-state index contributed by atoms with van der Waals surface area (Å²) in [5, 5.41) is 6.54. The fourth-order valence-electron chi connectivity index (χ4n) is 2.85. The van der Waals surface area contributed by atoms with Gasteiger partial charge in [-0.2, -0.15) is 0 Å². The molecule has 0 radical (unpaired) electrons. The van der Waals surface area contributed by atoms with Crippen LogP contribution in [0.3, 0.4) is 0 Å². The minimum Gasteiger partial charge on any atom is -0.456 e. The highest BCUT2D eigenvalue weighted by Crippen LogP contribution is 2.29. The van der Waals surface area contributed by atoms with Crippen molar-refractivity contribution >= 4 is 80.1 Å². The van der Waals surface area contributed by atoms with Crippen LogP contribution in [0.5, 0.6) is 0 Å². The second-order valence-corrected chi connectivity index (χ2v) is 10.2. The van der Waals surface area contributed by atoms with E-state index in [9.17, 15) is 14.4 Å². The molecule has 35 heavy (non-hydrogen) atoms. The zero-order valence-corrected chi connectivity index (χ0v) is 22.3. The maximum atomic E-state index is 12.2. The molecule has 3 aromatic rings. The molecular formula is C25H21BrCl2N2O4S. The number of nitrogens with one attached hydrogen (secondary N) is 2. The standard InChI is InChI=1S/C25H21BrCl2N2O4S/c26-21-13-8-18(14-22(21)28)30-24(32)15-34-25(33)3-1-2-23(31)29-17-6-11-20(12-7-17)35-19-9-4-16(27)5-10-19/h4-14H,1-3,15H2,(H,29,31)(H,30,32). The maximum Gasteiger partial charge on any atom is 0.306 e. The van der Waals surface area contributed by atoms with Gasteiger partial charge in [-0.25, -0.2) is 0 Å². The van der Waals surface area contributed by atoms with Gasteiger partial charge in [0, 0.05) is 43.5 Å². The van der Waals surface area contributed by atoms with Crippen molar-refractivity contribution in [2.75, 3.05) is 17.2 Å². The van der Waals surface area contributed by atoms with Crippen molar-refractivity contribution < 1.29 is 19.1 Å². The molecule has 0 bridgehead atoms. The van der Waals surface area contributed by atoms with E-state index in [1.165, 1.54) is 0 Å². The van der Waals surface area contributed by atoms with Crippen molar-refractivity contribution in [3.05, 3.63) is 81.2 Å². The van der Waals surface area contributed by atoms with Crippen molar-refractivity contribution in [2.45, 2.75) is 29.1 Å². The Morgan fingerprint density at radius 1 is 0.800 bits per heavy atom. The Hall–Kier alpha value is -2.52. The van der Waals surface area contributed by atoms with Crippen LogP contribution in [0.25, 0.3) is 0 Å². The van der Waals surface area contributed by atoms with Crippen LogP contribution in [0.2, 0.25) is 10.0 Å². The summed E-state index contributed by atoms with van der Waals surface area (Å²) < 4.78 is 5.67. The SMILES string of the molecule is O=C(CCCC(=O)OCC(=O)Nc1ccc(Br)c(Cl)c1)Nc1ccc(Sc2ccc(Cl)cc2)cc1. The lowest BCUT2D eigenvalue weighted by Crippen LogP contribution is -2.21. The molecule has 0 spiro atoms. The number of carbonyl (C=O) groups is 3. The number of hydrogen-bond donors (Lipinski definition) is 2. The Morgan fingerprint density at radius 2 is 1.40 bits per heavy atom. The van der Waals surface area contributed by atoms with Crippen LogP contribution in [-0.2, 0) is 19.1 Å². The highest BCUT2D eigenvalue weighted by atomic mass is 79.9. The number of ether oxygens (including phenoxy) is 1. The van der Waals surface area contributed by atoms with Gasteiger partial charge < -0.3 is 15.4 Å². The van der Waals surface area contributed by atoms with Crippen LogP contribution < -0.4 is 10.6 Å². The van der Waals surface area contributed by atoms with Crippen LogP contribution in [0.15, 0.2) is 81.0 Å². The number of hydrogen-bond acceptors (Lipinski definition) is 5. The number of rotatable bonds is 10. The number of amides is 2. The van der Waals surface area contributed by atoms with E-state index in [4.69, 9.17) is 27.9 Å². The van der Waals surface area contributed by atoms with E-state index in [0.717, 1.165) is 9.79 Å². The van der Waals surface area contributed by atoms with Gasteiger partial charge >= 0.3 is 5.97 Å². The highest BCUT2D eigenvalue weighted by Gasteiger charge is 2.10. The lowest BCUT2D eigenvalue weighted by molar-refractivity contribution is -0.147. The lowest BCUT2D eigenvalue weighted by Gasteiger charge is -2.08. The lowest BCUT2D eigenvalue weighted by atomic mass is 10.2. The molecule has 0 aromatic heterocycles. The Balaban J connectivity index is 1.32. The van der Waals surface area contributed by atoms with Crippen LogP contribution in [0.4, 0.5) is 11.4 Å². The molecule has 0 atom stereocenters. The van der Waals surface area contributed by atoms with Gasteiger partial charge in [0.15, 0.2) is 6.61 Å². The Kier molecular flexibility index (Phi) is 10.5. The summed E-state index contributed by atoms with van der Waals surface area (Å²) in [5.41, 5.74) is 1.16. The molecule has 182 valence electrons. The average molecular weight is 596 g/mol. The first kappa shape index (κ1) is 27.1. The van der Waals surface area contributed by atoms with E-state index >= 15 is 0 Å². The summed E-state index contributed by atoms with van der Waals surface area (Å²) in [4.78, 5) is 38.1. The topological polar surface area (TPSA) is 84.5 Å². The highest BCUT2D eigenvalue weighted by molar-refractivity contribution is 9.10. The third-order valence-corrected chi connectivity index (χ3v) is 7.04. The number of esters is 1. The predicted molar refractivity (Wildman–Crippen MR) is 143 cm³/mol. The molecule has 3 rings (SSSR count). The molecule has 6 nitrogen and oxygen atoms in total. The van der Waals surface area contributed by atoms with Gasteiger partial charge in [-0.3, -0.25) is 14.4 Å². The molecule has 0 saturated carbocycles. The summed E-state index contributed by atoms with van der Waals surface area (Å²) in [5.74, 6) is -1.24. The van der Waals surface area contributed by atoms with Crippen LogP contribution >= 0.6 is 50.9 Å². The zero-order chi connectivity index (χ0) is 25.2. The largest absolute Gasteiger partial charge is 0.456 e. The maximum absolute atomic E-state index is 12.2. The Bertz CT molecular complexity index is 1190. The molecule has 0 aliphatic heterocycles. The summed E-state index contributed by atoms with van der Waals surface area (Å²) in [6.07, 6.45) is 0.487. The summed E-state index contributed by atoms with van der Waals surface area (Å²) >= 11 is 16.7. The van der Waals surface area contributed by atoms with E-state index in [-0.39, 0.29) is 18.7 Å². The molecule has 0 unspecified atom stereocenters. The first-order chi connectivity index (χ1) is 16.8. The van der Waals surface area contributed by atoms with Gasteiger partial charge in [-0.05, 0) is 89.1 Å². The van der Waals surface area contributed by atoms with Gasteiger partial charge in [-0.1, -0.05) is 35.0 Å². The second-order valence-electron chi connectivity index (χ2n) is 7.32. The minimum atomic E-state index is -0.551. The molecule has 0 aliphatic carbocycles. The molecule has 0 aliphatic rings. The smallest absolute Gasteiger partial charge is 0.306 e. The fraction of sp³-hybridized carbons (Fsp3) is 0.160. The number of halogens is 3. The van der Waals surface area contributed by atoms with Crippen LogP contribution in [0, 0.1) is 0 Å². The molecule has 2 N–H and O–H groups in total.